The second-order valence-electron chi connectivity index (χ2n) is 6.23. The van der Waals surface area contributed by atoms with Crippen LogP contribution in [0.1, 0.15) is 31.2 Å². The fourth-order valence-corrected chi connectivity index (χ4v) is 5.68. The molecule has 0 aliphatic carbocycles. The molecule has 0 amide bonds. The third-order valence-electron chi connectivity index (χ3n) is 4.19. The van der Waals surface area contributed by atoms with Gasteiger partial charge < -0.3 is 9.12 Å². The van der Waals surface area contributed by atoms with Gasteiger partial charge in [-0.25, -0.2) is 15.0 Å². The Labute approximate surface area is 176 Å². The monoisotopic (exact) mass is 431 g/mol. The maximum absolute atomic E-state index is 12.2. The topological polar surface area (TPSA) is 90.4 Å². The van der Waals surface area contributed by atoms with Crippen LogP contribution in [0, 0.1) is 18.3 Å². The van der Waals surface area contributed by atoms with Gasteiger partial charge in [-0.2, -0.15) is 5.26 Å². The van der Waals surface area contributed by atoms with Crippen molar-refractivity contribution in [3.05, 3.63) is 35.2 Å². The molecule has 28 heavy (non-hydrogen) atoms. The highest BCUT2D eigenvalue weighted by atomic mass is 32.3. The lowest BCUT2D eigenvalue weighted by atomic mass is 10.1. The van der Waals surface area contributed by atoms with E-state index in [1.807, 2.05) is 36.2 Å². The zero-order chi connectivity index (χ0) is 20.1. The highest BCUT2D eigenvalue weighted by Gasteiger charge is 2.20. The number of aryl methyl sites for hydroxylation is 2. The first-order chi connectivity index (χ1) is 13.5. The first kappa shape index (κ1) is 20.9. The number of thiazole rings is 1. The number of imidazole rings is 1. The lowest BCUT2D eigenvalue weighted by Crippen LogP contribution is -2.09. The lowest BCUT2D eigenvalue weighted by Gasteiger charge is -2.12. The van der Waals surface area contributed by atoms with E-state index in [0.717, 1.165) is 34.9 Å². The van der Waals surface area contributed by atoms with Gasteiger partial charge in [0, 0.05) is 30.4 Å². The molecular weight excluding hydrogens is 410 g/mol. The number of nitrogens with zero attached hydrogens (tertiary/aromatic N) is 5. The number of hydrogen-bond acceptors (Lipinski definition) is 7. The van der Waals surface area contributed by atoms with Crippen LogP contribution >= 0.6 is 23.1 Å². The molecule has 0 saturated carbocycles. The van der Waals surface area contributed by atoms with E-state index >= 15 is 0 Å². The molecule has 3 heterocycles. The summed E-state index contributed by atoms with van der Waals surface area (Å²) in [6, 6.07) is 4.15. The predicted molar refractivity (Wildman–Crippen MR) is 116 cm³/mol. The second kappa shape index (κ2) is 9.56. The molecule has 1 unspecified atom stereocenters. The molecule has 6 nitrogen and oxygen atoms in total. The van der Waals surface area contributed by atoms with E-state index < -0.39 is 11.2 Å². The molecule has 0 aliphatic heterocycles. The number of aromatic nitrogens is 4. The fraction of sp³-hybridized carbons (Fsp3) is 0.368. The summed E-state index contributed by atoms with van der Waals surface area (Å²) in [6.45, 7) is 4.00. The van der Waals surface area contributed by atoms with Crippen molar-refractivity contribution >= 4 is 34.3 Å². The summed E-state index contributed by atoms with van der Waals surface area (Å²) in [5.41, 5.74) is 2.63. The first-order valence-corrected chi connectivity index (χ1v) is 12.2. The van der Waals surface area contributed by atoms with Crippen LogP contribution < -0.4 is 0 Å². The van der Waals surface area contributed by atoms with Crippen molar-refractivity contribution in [3.8, 4) is 28.0 Å². The SMILES string of the molecule is CCCC[S+]([O-])CSc1nc(-c2nccs2)cc(-c2cn(C)c(C)n2)c1C#N. The molecule has 3 rings (SSSR count). The van der Waals surface area contributed by atoms with Gasteiger partial charge in [-0.15, -0.1) is 11.3 Å². The molecule has 1 atom stereocenters. The smallest absolute Gasteiger partial charge is 0.156 e. The minimum atomic E-state index is -0.944. The fourth-order valence-electron chi connectivity index (χ4n) is 2.57. The molecule has 0 radical (unpaired) electrons. The number of nitriles is 1. The van der Waals surface area contributed by atoms with Crippen molar-refractivity contribution in [2.75, 3.05) is 10.8 Å². The van der Waals surface area contributed by atoms with Gasteiger partial charge in [0.05, 0.1) is 11.3 Å². The molecule has 0 spiro atoms. The molecule has 0 bridgehead atoms. The number of unbranched alkanes of at least 4 members (excludes halogenated alkanes) is 1. The predicted octanol–water partition coefficient (Wildman–Crippen LogP) is 4.38. The van der Waals surface area contributed by atoms with Gasteiger partial charge in [-0.3, -0.25) is 0 Å². The molecule has 146 valence electrons. The van der Waals surface area contributed by atoms with Gasteiger partial charge in [0.2, 0.25) is 0 Å². The normalized spacial score (nSPS) is 12.1. The summed E-state index contributed by atoms with van der Waals surface area (Å²) >= 11 is 1.92. The quantitative estimate of drug-likeness (QED) is 0.388. The summed E-state index contributed by atoms with van der Waals surface area (Å²) < 4.78 is 14.2. The Kier molecular flexibility index (Phi) is 7.13. The minimum Gasteiger partial charge on any atom is -0.616 e. The molecule has 0 aliphatic rings. The Morgan fingerprint density at radius 2 is 2.18 bits per heavy atom. The van der Waals surface area contributed by atoms with E-state index in [2.05, 4.69) is 27.9 Å². The number of rotatable bonds is 8. The Hall–Kier alpha value is -1.86. The standard InChI is InChI=1S/C19H21N5OS3/c1-4-5-8-28(25)12-27-18-15(10-20)14(17-11-24(3)13(2)22-17)9-16(23-18)19-21-6-7-26-19/h6-7,9,11H,4-5,8,12H2,1-3H3. The van der Waals surface area contributed by atoms with Gasteiger partial charge in [0.1, 0.15) is 33.4 Å². The zero-order valence-corrected chi connectivity index (χ0v) is 18.5. The summed E-state index contributed by atoms with van der Waals surface area (Å²) in [7, 11) is 1.92. The van der Waals surface area contributed by atoms with Crippen LogP contribution in [-0.2, 0) is 18.2 Å². The van der Waals surface area contributed by atoms with Crippen LogP contribution in [0.5, 0.6) is 0 Å². The Morgan fingerprint density at radius 3 is 2.79 bits per heavy atom. The molecular formula is C19H21N5OS3. The average molecular weight is 432 g/mol. The zero-order valence-electron chi connectivity index (χ0n) is 16.0. The van der Waals surface area contributed by atoms with Gasteiger partial charge in [-0.05, 0) is 30.6 Å². The van der Waals surface area contributed by atoms with Gasteiger partial charge in [0.25, 0.3) is 0 Å². The van der Waals surface area contributed by atoms with Crippen LogP contribution in [0.3, 0.4) is 0 Å². The summed E-state index contributed by atoms with van der Waals surface area (Å²) in [5.74, 6) is 1.53. The molecule has 9 heteroatoms. The second-order valence-corrected chi connectivity index (χ2v) is 10.0. The van der Waals surface area contributed by atoms with Gasteiger partial charge >= 0.3 is 0 Å². The van der Waals surface area contributed by atoms with E-state index in [1.165, 1.54) is 23.1 Å². The number of hydrogen-bond donors (Lipinski definition) is 0. The highest BCUT2D eigenvalue weighted by molar-refractivity contribution is 8.12. The molecule has 3 aromatic rings. The van der Waals surface area contributed by atoms with Crippen molar-refractivity contribution < 1.29 is 4.55 Å². The van der Waals surface area contributed by atoms with Crippen LogP contribution in [0.4, 0.5) is 0 Å². The van der Waals surface area contributed by atoms with E-state index in [0.29, 0.717) is 27.1 Å². The maximum Gasteiger partial charge on any atom is 0.156 e. The maximum atomic E-state index is 12.2. The third kappa shape index (κ3) is 4.75. The molecule has 0 N–H and O–H groups in total. The summed E-state index contributed by atoms with van der Waals surface area (Å²) in [5, 5.41) is 13.5. The van der Waals surface area contributed by atoms with E-state index in [-0.39, 0.29) is 0 Å². The molecule has 0 fully saturated rings. The van der Waals surface area contributed by atoms with Crippen molar-refractivity contribution in [1.29, 1.82) is 5.26 Å². The van der Waals surface area contributed by atoms with E-state index in [1.54, 1.807) is 6.20 Å². The molecule has 0 aromatic carbocycles. The van der Waals surface area contributed by atoms with Crippen LogP contribution in [-0.4, -0.2) is 34.9 Å². The van der Waals surface area contributed by atoms with Crippen molar-refractivity contribution in [2.24, 2.45) is 7.05 Å². The minimum absolute atomic E-state index is 0.420. The first-order valence-electron chi connectivity index (χ1n) is 8.86. The molecule has 3 aromatic heterocycles. The van der Waals surface area contributed by atoms with Gasteiger partial charge in [-0.1, -0.05) is 25.1 Å². The summed E-state index contributed by atoms with van der Waals surface area (Å²) in [6.07, 6.45) is 5.59. The lowest BCUT2D eigenvalue weighted by molar-refractivity contribution is 0.596. The van der Waals surface area contributed by atoms with Gasteiger partial charge in [0.15, 0.2) is 5.08 Å². The van der Waals surface area contributed by atoms with Crippen molar-refractivity contribution in [2.45, 2.75) is 31.7 Å². The van der Waals surface area contributed by atoms with Crippen molar-refractivity contribution in [3.63, 3.8) is 0 Å². The van der Waals surface area contributed by atoms with Crippen LogP contribution in [0.2, 0.25) is 0 Å². The largest absolute Gasteiger partial charge is 0.616 e. The number of pyridine rings is 1. The third-order valence-corrected chi connectivity index (χ3v) is 7.82. The van der Waals surface area contributed by atoms with Crippen molar-refractivity contribution in [1.82, 2.24) is 19.5 Å². The Morgan fingerprint density at radius 1 is 1.36 bits per heavy atom. The van der Waals surface area contributed by atoms with E-state index in [4.69, 9.17) is 0 Å². The average Bonchev–Trinajstić information content (AvgIpc) is 3.34. The van der Waals surface area contributed by atoms with Crippen LogP contribution in [0.25, 0.3) is 22.0 Å². The van der Waals surface area contributed by atoms with E-state index in [9.17, 15) is 9.81 Å². The Balaban J connectivity index is 2.03. The van der Waals surface area contributed by atoms with Crippen LogP contribution in [0.15, 0.2) is 28.9 Å². The highest BCUT2D eigenvalue weighted by Crippen LogP contribution is 2.34. The number of thioether (sulfide) groups is 1. The summed E-state index contributed by atoms with van der Waals surface area (Å²) in [4.78, 5) is 13.6. The molecule has 0 saturated heterocycles. The Bertz CT molecular complexity index is 959.